The van der Waals surface area contributed by atoms with Crippen LogP contribution in [0.1, 0.15) is 11.1 Å². The van der Waals surface area contributed by atoms with E-state index in [0.717, 1.165) is 11.1 Å². The van der Waals surface area contributed by atoms with E-state index in [1.165, 1.54) is 0 Å². The monoisotopic (exact) mass is 417 g/mol. The molecule has 3 aromatic carbocycles. The molecule has 0 aliphatic carbocycles. The molecule has 28 heavy (non-hydrogen) atoms. The van der Waals surface area contributed by atoms with Crippen molar-refractivity contribution in [3.8, 4) is 11.5 Å². The molecular weight excluding hydrogens is 398 g/mol. The lowest BCUT2D eigenvalue weighted by atomic mass is 10.2. The summed E-state index contributed by atoms with van der Waals surface area (Å²) in [5.74, 6) is 1.11. The second-order valence-corrected chi connectivity index (χ2v) is 8.24. The number of hydrogen-bond acceptors (Lipinski definition) is 4. The van der Waals surface area contributed by atoms with Gasteiger partial charge in [0.15, 0.2) is 11.5 Å². The Hall–Kier alpha value is -2.54. The van der Waals surface area contributed by atoms with Gasteiger partial charge in [-0.15, -0.1) is 0 Å². The van der Waals surface area contributed by atoms with Crippen LogP contribution in [-0.2, 0) is 23.2 Å². The first-order chi connectivity index (χ1) is 13.5. The molecule has 0 fully saturated rings. The molecule has 0 heterocycles. The Morgan fingerprint density at radius 3 is 2.25 bits per heavy atom. The minimum Gasteiger partial charge on any atom is -0.493 e. The number of benzene rings is 3. The van der Waals surface area contributed by atoms with Crippen molar-refractivity contribution in [2.45, 2.75) is 18.0 Å². The first kappa shape index (κ1) is 20.2. The van der Waals surface area contributed by atoms with Crippen molar-refractivity contribution >= 4 is 21.6 Å². The third-order valence-corrected chi connectivity index (χ3v) is 5.72. The molecule has 0 radical (unpaired) electrons. The number of rotatable bonds is 8. The van der Waals surface area contributed by atoms with Crippen LogP contribution in [0.2, 0.25) is 5.02 Å². The summed E-state index contributed by atoms with van der Waals surface area (Å²) in [6, 6.07) is 21.0. The highest BCUT2D eigenvalue weighted by Gasteiger charge is 2.14. The fourth-order valence-electron chi connectivity index (χ4n) is 2.54. The number of sulfonamides is 1. The van der Waals surface area contributed by atoms with Crippen LogP contribution in [0.15, 0.2) is 77.7 Å². The zero-order chi connectivity index (χ0) is 20.0. The maximum atomic E-state index is 12.3. The summed E-state index contributed by atoms with van der Waals surface area (Å²) in [5, 5.41) is 0.670. The summed E-state index contributed by atoms with van der Waals surface area (Å²) in [7, 11) is -2.03. The van der Waals surface area contributed by atoms with Crippen molar-refractivity contribution in [3.05, 3.63) is 88.9 Å². The third kappa shape index (κ3) is 5.25. The van der Waals surface area contributed by atoms with E-state index in [9.17, 15) is 8.42 Å². The standard InChI is InChI=1S/C21H20ClNO4S/c1-26-21-13-17(14-23-28(24,25)19-5-3-2-4-6-19)9-12-20(21)27-15-16-7-10-18(22)11-8-16/h2-13,23H,14-15H2,1H3. The van der Waals surface area contributed by atoms with Crippen LogP contribution in [0.25, 0.3) is 0 Å². The molecule has 5 nitrogen and oxygen atoms in total. The maximum absolute atomic E-state index is 12.3. The van der Waals surface area contributed by atoms with E-state index in [1.807, 2.05) is 12.1 Å². The quantitative estimate of drug-likeness (QED) is 0.589. The average Bonchev–Trinajstić information content (AvgIpc) is 2.73. The highest BCUT2D eigenvalue weighted by Crippen LogP contribution is 2.29. The van der Waals surface area contributed by atoms with Gasteiger partial charge in [0.05, 0.1) is 12.0 Å². The summed E-state index contributed by atoms with van der Waals surface area (Å²) < 4.78 is 38.5. The van der Waals surface area contributed by atoms with Gasteiger partial charge in [-0.3, -0.25) is 0 Å². The predicted octanol–water partition coefficient (Wildman–Crippen LogP) is 4.41. The Balaban J connectivity index is 1.66. The van der Waals surface area contributed by atoms with Gasteiger partial charge in [-0.25, -0.2) is 13.1 Å². The van der Waals surface area contributed by atoms with E-state index in [-0.39, 0.29) is 11.4 Å². The van der Waals surface area contributed by atoms with Crippen molar-refractivity contribution < 1.29 is 17.9 Å². The van der Waals surface area contributed by atoms with Gasteiger partial charge in [0.1, 0.15) is 6.61 Å². The fourth-order valence-corrected chi connectivity index (χ4v) is 3.71. The summed E-state index contributed by atoms with van der Waals surface area (Å²) >= 11 is 5.89. The number of ether oxygens (including phenoxy) is 2. The number of nitrogens with one attached hydrogen (secondary N) is 1. The normalized spacial score (nSPS) is 11.2. The number of hydrogen-bond donors (Lipinski definition) is 1. The Bertz CT molecular complexity index is 1020. The molecule has 0 saturated carbocycles. The topological polar surface area (TPSA) is 64.6 Å². The minimum atomic E-state index is -3.57. The van der Waals surface area contributed by atoms with Crippen LogP contribution >= 0.6 is 11.6 Å². The molecule has 3 aromatic rings. The minimum absolute atomic E-state index is 0.144. The Morgan fingerprint density at radius 2 is 1.57 bits per heavy atom. The lowest BCUT2D eigenvalue weighted by molar-refractivity contribution is 0.284. The molecule has 0 aliphatic rings. The van der Waals surface area contributed by atoms with Crippen LogP contribution in [-0.4, -0.2) is 15.5 Å². The molecule has 3 rings (SSSR count). The van der Waals surface area contributed by atoms with E-state index >= 15 is 0 Å². The molecule has 0 aromatic heterocycles. The fraction of sp³-hybridized carbons (Fsp3) is 0.143. The van der Waals surface area contributed by atoms with E-state index in [1.54, 1.807) is 67.8 Å². The Morgan fingerprint density at radius 1 is 0.893 bits per heavy atom. The largest absolute Gasteiger partial charge is 0.493 e. The first-order valence-electron chi connectivity index (χ1n) is 8.57. The third-order valence-electron chi connectivity index (χ3n) is 4.06. The van der Waals surface area contributed by atoms with Crippen LogP contribution in [0.4, 0.5) is 0 Å². The molecule has 0 unspecified atom stereocenters. The molecule has 0 spiro atoms. The van der Waals surface area contributed by atoms with E-state index in [4.69, 9.17) is 21.1 Å². The average molecular weight is 418 g/mol. The van der Waals surface area contributed by atoms with E-state index in [2.05, 4.69) is 4.72 Å². The summed E-state index contributed by atoms with van der Waals surface area (Å²) in [6.45, 7) is 0.512. The summed E-state index contributed by atoms with van der Waals surface area (Å²) in [6.07, 6.45) is 0. The first-order valence-corrected chi connectivity index (χ1v) is 10.4. The zero-order valence-electron chi connectivity index (χ0n) is 15.3. The second kappa shape index (κ2) is 9.10. The highest BCUT2D eigenvalue weighted by molar-refractivity contribution is 7.89. The van der Waals surface area contributed by atoms with E-state index < -0.39 is 10.0 Å². The van der Waals surface area contributed by atoms with Crippen molar-refractivity contribution in [1.82, 2.24) is 4.72 Å². The zero-order valence-corrected chi connectivity index (χ0v) is 16.8. The van der Waals surface area contributed by atoms with Crippen LogP contribution < -0.4 is 14.2 Å². The van der Waals surface area contributed by atoms with Crippen LogP contribution in [0.3, 0.4) is 0 Å². The second-order valence-electron chi connectivity index (χ2n) is 6.04. The Labute approximate surface area is 169 Å². The maximum Gasteiger partial charge on any atom is 0.240 e. The van der Waals surface area contributed by atoms with E-state index in [0.29, 0.717) is 23.1 Å². The molecule has 0 saturated heterocycles. The molecule has 0 amide bonds. The molecule has 0 bridgehead atoms. The van der Waals surface area contributed by atoms with Gasteiger partial charge in [-0.1, -0.05) is 48.0 Å². The van der Waals surface area contributed by atoms with Gasteiger partial charge in [0, 0.05) is 11.6 Å². The molecular formula is C21H20ClNO4S. The van der Waals surface area contributed by atoms with Crippen molar-refractivity contribution in [3.63, 3.8) is 0 Å². The molecule has 1 N–H and O–H groups in total. The number of halogens is 1. The molecule has 146 valence electrons. The molecule has 0 atom stereocenters. The van der Waals surface area contributed by atoms with Gasteiger partial charge in [-0.05, 0) is 47.5 Å². The van der Waals surface area contributed by atoms with Crippen LogP contribution in [0.5, 0.6) is 11.5 Å². The smallest absolute Gasteiger partial charge is 0.240 e. The van der Waals surface area contributed by atoms with Gasteiger partial charge < -0.3 is 9.47 Å². The van der Waals surface area contributed by atoms with Gasteiger partial charge >= 0.3 is 0 Å². The van der Waals surface area contributed by atoms with Crippen molar-refractivity contribution in [2.24, 2.45) is 0 Å². The van der Waals surface area contributed by atoms with Crippen molar-refractivity contribution in [2.75, 3.05) is 7.11 Å². The molecule has 7 heteroatoms. The van der Waals surface area contributed by atoms with Gasteiger partial charge in [0.2, 0.25) is 10.0 Å². The summed E-state index contributed by atoms with van der Waals surface area (Å²) in [4.78, 5) is 0.227. The number of methoxy groups -OCH3 is 1. The Kier molecular flexibility index (Phi) is 6.57. The predicted molar refractivity (Wildman–Crippen MR) is 109 cm³/mol. The van der Waals surface area contributed by atoms with Crippen LogP contribution in [0, 0.1) is 0 Å². The van der Waals surface area contributed by atoms with Crippen molar-refractivity contribution in [1.29, 1.82) is 0 Å². The molecule has 0 aliphatic heterocycles. The summed E-state index contributed by atoms with van der Waals surface area (Å²) in [5.41, 5.74) is 1.74. The van der Waals surface area contributed by atoms with Gasteiger partial charge in [0.25, 0.3) is 0 Å². The lowest BCUT2D eigenvalue weighted by Crippen LogP contribution is -2.23. The van der Waals surface area contributed by atoms with Gasteiger partial charge in [-0.2, -0.15) is 0 Å². The SMILES string of the molecule is COc1cc(CNS(=O)(=O)c2ccccc2)ccc1OCc1ccc(Cl)cc1. The lowest BCUT2D eigenvalue weighted by Gasteiger charge is -2.13. The highest BCUT2D eigenvalue weighted by atomic mass is 35.5.